The fourth-order valence-electron chi connectivity index (χ4n) is 1.62. The van der Waals surface area contributed by atoms with Crippen molar-refractivity contribution in [3.63, 3.8) is 0 Å². The topological polar surface area (TPSA) is 130 Å². The van der Waals surface area contributed by atoms with Gasteiger partial charge in [-0.15, -0.1) is 0 Å². The molecule has 104 valence electrons. The molecule has 0 radical (unpaired) electrons. The number of aromatic carboxylic acids is 1. The smallest absolute Gasteiger partial charge is 0.339 e. The van der Waals surface area contributed by atoms with Crippen LogP contribution in [0.4, 0.5) is 0 Å². The third-order valence-corrected chi connectivity index (χ3v) is 2.57. The summed E-state index contributed by atoms with van der Waals surface area (Å²) in [6, 6.07) is 3.94. The van der Waals surface area contributed by atoms with Crippen LogP contribution in [0.1, 0.15) is 28.4 Å². The molecule has 2 atom stereocenters. The van der Waals surface area contributed by atoms with Gasteiger partial charge in [-0.25, -0.2) is 4.79 Å². The van der Waals surface area contributed by atoms with Gasteiger partial charge in [-0.2, -0.15) is 0 Å². The van der Waals surface area contributed by atoms with E-state index in [0.29, 0.717) is 0 Å². The minimum atomic E-state index is -1.41. The number of carboxylic acid groups (broad SMARTS) is 1. The number of hydrogen-bond acceptors (Lipinski definition) is 5. The van der Waals surface area contributed by atoms with Crippen molar-refractivity contribution in [1.29, 1.82) is 0 Å². The number of hydrogen-bond donors (Lipinski definition) is 4. The minimum absolute atomic E-state index is 0.132. The van der Waals surface area contributed by atoms with E-state index < -0.39 is 30.5 Å². The Kier molecular flexibility index (Phi) is 4.85. The highest BCUT2D eigenvalue weighted by atomic mass is 16.5. The van der Waals surface area contributed by atoms with Crippen LogP contribution >= 0.6 is 0 Å². The third kappa shape index (κ3) is 3.67. The molecule has 1 aromatic rings. The number of amides is 1. The van der Waals surface area contributed by atoms with Crippen molar-refractivity contribution >= 4 is 11.9 Å². The van der Waals surface area contributed by atoms with Crippen LogP contribution < -0.4 is 10.5 Å². The summed E-state index contributed by atoms with van der Waals surface area (Å²) in [6.45, 7) is 0. The van der Waals surface area contributed by atoms with E-state index in [-0.39, 0.29) is 16.9 Å². The Morgan fingerprint density at radius 1 is 1.37 bits per heavy atom. The summed E-state index contributed by atoms with van der Waals surface area (Å²) in [5.41, 5.74) is 4.92. The molecule has 5 N–H and O–H groups in total. The van der Waals surface area contributed by atoms with Crippen molar-refractivity contribution in [2.45, 2.75) is 18.6 Å². The molecule has 0 saturated heterocycles. The first-order valence-electron chi connectivity index (χ1n) is 5.42. The molecule has 19 heavy (non-hydrogen) atoms. The monoisotopic (exact) mass is 269 g/mol. The van der Waals surface area contributed by atoms with Crippen molar-refractivity contribution in [2.75, 3.05) is 7.11 Å². The average Bonchev–Trinajstić information content (AvgIpc) is 2.36. The SMILES string of the molecule is COc1ccc(C(O)C(O)CC(N)=O)cc1C(=O)O. The molecule has 0 aliphatic carbocycles. The number of rotatable bonds is 6. The van der Waals surface area contributed by atoms with E-state index in [1.165, 1.54) is 25.3 Å². The molecule has 0 heterocycles. The zero-order chi connectivity index (χ0) is 14.6. The summed E-state index contributed by atoms with van der Waals surface area (Å²) in [4.78, 5) is 21.7. The molecule has 0 spiro atoms. The summed E-state index contributed by atoms with van der Waals surface area (Å²) in [5, 5.41) is 28.4. The van der Waals surface area contributed by atoms with Crippen LogP contribution in [0.25, 0.3) is 0 Å². The lowest BCUT2D eigenvalue weighted by atomic mass is 9.99. The number of carbonyl (C=O) groups excluding carboxylic acids is 1. The largest absolute Gasteiger partial charge is 0.496 e. The molecule has 7 heteroatoms. The molecule has 0 fully saturated rings. The second kappa shape index (κ2) is 6.17. The number of carboxylic acids is 1. The minimum Gasteiger partial charge on any atom is -0.496 e. The fourth-order valence-corrected chi connectivity index (χ4v) is 1.62. The van der Waals surface area contributed by atoms with E-state index in [2.05, 4.69) is 0 Å². The highest BCUT2D eigenvalue weighted by Gasteiger charge is 2.22. The molecule has 0 aliphatic rings. The molecule has 0 saturated carbocycles. The number of aliphatic hydroxyl groups excluding tert-OH is 2. The lowest BCUT2D eigenvalue weighted by molar-refractivity contribution is -0.121. The first kappa shape index (κ1) is 14.9. The van der Waals surface area contributed by atoms with Gasteiger partial charge < -0.3 is 25.8 Å². The van der Waals surface area contributed by atoms with Gasteiger partial charge >= 0.3 is 5.97 Å². The molecular weight excluding hydrogens is 254 g/mol. The Bertz CT molecular complexity index is 487. The van der Waals surface area contributed by atoms with Crippen LogP contribution in [-0.2, 0) is 4.79 Å². The standard InChI is InChI=1S/C12H15NO6/c1-19-9-3-2-6(4-7(9)12(17)18)11(16)8(14)5-10(13)15/h2-4,8,11,14,16H,5H2,1H3,(H2,13,15)(H,17,18). The Hall–Kier alpha value is -2.12. The number of aliphatic hydroxyl groups is 2. The summed E-state index contributed by atoms with van der Waals surface area (Å²) in [5.74, 6) is -1.86. The number of nitrogens with two attached hydrogens (primary N) is 1. The van der Waals surface area contributed by atoms with E-state index >= 15 is 0 Å². The zero-order valence-electron chi connectivity index (χ0n) is 10.2. The van der Waals surface area contributed by atoms with Crippen LogP contribution in [-0.4, -0.2) is 40.4 Å². The van der Waals surface area contributed by atoms with Gasteiger partial charge in [-0.3, -0.25) is 4.79 Å². The molecular formula is C12H15NO6. The number of methoxy groups -OCH3 is 1. The van der Waals surface area contributed by atoms with Crippen molar-refractivity contribution in [3.8, 4) is 5.75 Å². The van der Waals surface area contributed by atoms with Crippen LogP contribution in [0, 0.1) is 0 Å². The molecule has 2 unspecified atom stereocenters. The van der Waals surface area contributed by atoms with Crippen molar-refractivity contribution in [1.82, 2.24) is 0 Å². The molecule has 1 aromatic carbocycles. The van der Waals surface area contributed by atoms with Gasteiger partial charge in [-0.1, -0.05) is 6.07 Å². The second-order valence-electron chi connectivity index (χ2n) is 3.95. The molecule has 1 amide bonds. The van der Waals surface area contributed by atoms with Crippen LogP contribution in [0.15, 0.2) is 18.2 Å². The van der Waals surface area contributed by atoms with Crippen molar-refractivity contribution in [2.24, 2.45) is 5.73 Å². The van der Waals surface area contributed by atoms with Gasteiger partial charge in [0, 0.05) is 0 Å². The summed E-state index contributed by atoms with van der Waals surface area (Å²) < 4.78 is 4.87. The van der Waals surface area contributed by atoms with E-state index in [0.717, 1.165) is 0 Å². The highest BCUT2D eigenvalue weighted by molar-refractivity contribution is 5.91. The van der Waals surface area contributed by atoms with E-state index in [1.54, 1.807) is 0 Å². The predicted molar refractivity (Wildman–Crippen MR) is 64.7 cm³/mol. The van der Waals surface area contributed by atoms with Gasteiger partial charge in [-0.05, 0) is 17.7 Å². The maximum absolute atomic E-state index is 11.0. The number of primary amides is 1. The van der Waals surface area contributed by atoms with Crippen LogP contribution in [0.2, 0.25) is 0 Å². The predicted octanol–water partition coefficient (Wildman–Crippen LogP) is -0.337. The van der Waals surface area contributed by atoms with Gasteiger partial charge in [0.15, 0.2) is 0 Å². The number of benzene rings is 1. The summed E-state index contributed by atoms with van der Waals surface area (Å²) in [7, 11) is 1.32. The zero-order valence-corrected chi connectivity index (χ0v) is 10.2. The lowest BCUT2D eigenvalue weighted by Gasteiger charge is -2.18. The third-order valence-electron chi connectivity index (χ3n) is 2.57. The molecule has 0 aromatic heterocycles. The van der Waals surface area contributed by atoms with Gasteiger partial charge in [0.25, 0.3) is 0 Å². The number of carbonyl (C=O) groups is 2. The first-order valence-corrected chi connectivity index (χ1v) is 5.42. The lowest BCUT2D eigenvalue weighted by Crippen LogP contribution is -2.25. The molecule has 1 rings (SSSR count). The van der Waals surface area contributed by atoms with Gasteiger partial charge in [0.1, 0.15) is 17.4 Å². The maximum atomic E-state index is 11.0. The van der Waals surface area contributed by atoms with E-state index in [9.17, 15) is 19.8 Å². The van der Waals surface area contributed by atoms with E-state index in [4.69, 9.17) is 15.6 Å². The van der Waals surface area contributed by atoms with E-state index in [1.807, 2.05) is 0 Å². The molecule has 7 nitrogen and oxygen atoms in total. The maximum Gasteiger partial charge on any atom is 0.339 e. The Morgan fingerprint density at radius 2 is 2.00 bits per heavy atom. The first-order chi connectivity index (χ1) is 8.86. The van der Waals surface area contributed by atoms with Crippen LogP contribution in [0.5, 0.6) is 5.75 Å². The van der Waals surface area contributed by atoms with Crippen molar-refractivity contribution in [3.05, 3.63) is 29.3 Å². The normalized spacial score (nSPS) is 13.6. The number of ether oxygens (including phenoxy) is 1. The van der Waals surface area contributed by atoms with Gasteiger partial charge in [0.05, 0.1) is 19.6 Å². The van der Waals surface area contributed by atoms with Crippen LogP contribution in [0.3, 0.4) is 0 Å². The molecule has 0 aliphatic heterocycles. The average molecular weight is 269 g/mol. The Labute approximate surface area is 109 Å². The van der Waals surface area contributed by atoms with Gasteiger partial charge in [0.2, 0.25) is 5.91 Å². The quantitative estimate of drug-likeness (QED) is 0.559. The Morgan fingerprint density at radius 3 is 2.47 bits per heavy atom. The summed E-state index contributed by atoms with van der Waals surface area (Å²) in [6.07, 6.45) is -3.22. The molecule has 0 bridgehead atoms. The van der Waals surface area contributed by atoms with Crippen molar-refractivity contribution < 1.29 is 29.6 Å². The Balaban J connectivity index is 3.04. The summed E-state index contributed by atoms with van der Waals surface area (Å²) >= 11 is 0. The fraction of sp³-hybridized carbons (Fsp3) is 0.333. The highest BCUT2D eigenvalue weighted by Crippen LogP contribution is 2.25. The second-order valence-corrected chi connectivity index (χ2v) is 3.95.